The molecule has 0 aliphatic heterocycles. The van der Waals surface area contributed by atoms with E-state index in [0.717, 1.165) is 14.5 Å². The Kier molecular flexibility index (Phi) is 3.63. The number of rotatable bonds is 2. The van der Waals surface area contributed by atoms with Crippen LogP contribution >= 0.6 is 43.2 Å². The number of fused-ring (bicyclic) bond motifs is 1. The molecule has 0 saturated heterocycles. The summed E-state index contributed by atoms with van der Waals surface area (Å²) in [5.74, 6) is 0. The van der Waals surface area contributed by atoms with Crippen molar-refractivity contribution in [1.82, 2.24) is 0 Å². The summed E-state index contributed by atoms with van der Waals surface area (Å²) < 4.78 is 2.15. The zero-order valence-electron chi connectivity index (χ0n) is 9.75. The normalized spacial score (nSPS) is 15.7. The van der Waals surface area contributed by atoms with Gasteiger partial charge in [0.25, 0.3) is 0 Å². The van der Waals surface area contributed by atoms with Gasteiger partial charge in [0.1, 0.15) is 0 Å². The smallest absolute Gasteiger partial charge is 0.0657 e. The fraction of sp³-hybridized carbons (Fsp3) is 0.286. The highest BCUT2D eigenvalue weighted by molar-refractivity contribution is 9.11. The van der Waals surface area contributed by atoms with Gasteiger partial charge < -0.3 is 5.73 Å². The minimum Gasteiger partial charge on any atom is -0.320 e. The molecule has 0 spiro atoms. The number of hydrogen-bond donors (Lipinski definition) is 1. The lowest BCUT2D eigenvalue weighted by Gasteiger charge is -2.13. The van der Waals surface area contributed by atoms with Gasteiger partial charge in [0, 0.05) is 18.7 Å². The first-order chi connectivity index (χ1) is 8.65. The molecule has 0 fully saturated rings. The number of halogens is 2. The van der Waals surface area contributed by atoms with Crippen LogP contribution < -0.4 is 5.73 Å². The van der Waals surface area contributed by atoms with Gasteiger partial charge in [0.15, 0.2) is 0 Å². The molecular weight excluding hydrogens is 374 g/mol. The van der Waals surface area contributed by atoms with Crippen molar-refractivity contribution in [2.24, 2.45) is 5.73 Å². The Hall–Kier alpha value is -0.160. The van der Waals surface area contributed by atoms with E-state index in [-0.39, 0.29) is 6.04 Å². The Morgan fingerprint density at radius 2 is 2.00 bits per heavy atom. The summed E-state index contributed by atoms with van der Waals surface area (Å²) in [6.07, 6.45) is 3.75. The molecule has 1 nitrogen and oxygen atoms in total. The topological polar surface area (TPSA) is 26.0 Å². The van der Waals surface area contributed by atoms with E-state index in [1.54, 1.807) is 0 Å². The second-order valence-electron chi connectivity index (χ2n) is 4.59. The van der Waals surface area contributed by atoms with Crippen molar-refractivity contribution < 1.29 is 0 Å². The third-order valence-corrected chi connectivity index (χ3v) is 5.90. The molecule has 0 bridgehead atoms. The van der Waals surface area contributed by atoms with Gasteiger partial charge in [-0.15, -0.1) is 11.3 Å². The fourth-order valence-electron chi connectivity index (χ4n) is 2.41. The number of nitrogens with two attached hydrogens (primary N) is 1. The Labute approximate surface area is 128 Å². The summed E-state index contributed by atoms with van der Waals surface area (Å²) in [5.41, 5.74) is 9.06. The van der Waals surface area contributed by atoms with Crippen LogP contribution in [0.5, 0.6) is 0 Å². The van der Waals surface area contributed by atoms with Crippen LogP contribution in [0.4, 0.5) is 0 Å². The van der Waals surface area contributed by atoms with Crippen molar-refractivity contribution in [3.8, 4) is 0 Å². The molecule has 1 atom stereocenters. The maximum atomic E-state index is 6.41. The molecule has 1 heterocycles. The number of thiophene rings is 1. The fourth-order valence-corrected chi connectivity index (χ4v) is 4.56. The van der Waals surface area contributed by atoms with Crippen molar-refractivity contribution in [2.75, 3.05) is 0 Å². The van der Waals surface area contributed by atoms with E-state index in [2.05, 4.69) is 44.0 Å². The molecule has 2 N–H and O–H groups in total. The van der Waals surface area contributed by atoms with E-state index in [9.17, 15) is 0 Å². The van der Waals surface area contributed by atoms with Crippen molar-refractivity contribution in [1.29, 1.82) is 0 Å². The third-order valence-electron chi connectivity index (χ3n) is 3.37. The van der Waals surface area contributed by atoms with Crippen LogP contribution in [0.25, 0.3) is 0 Å². The lowest BCUT2D eigenvalue weighted by molar-refractivity contribution is 0.876. The van der Waals surface area contributed by atoms with E-state index in [1.165, 1.54) is 34.6 Å². The average molecular weight is 387 g/mol. The van der Waals surface area contributed by atoms with E-state index in [0.29, 0.717) is 0 Å². The predicted molar refractivity (Wildman–Crippen MR) is 84.2 cm³/mol. The van der Waals surface area contributed by atoms with Crippen LogP contribution in [-0.2, 0) is 12.8 Å². The minimum atomic E-state index is -0.0347. The monoisotopic (exact) mass is 385 g/mol. The molecule has 1 aliphatic carbocycles. The van der Waals surface area contributed by atoms with Gasteiger partial charge in [-0.25, -0.2) is 0 Å². The van der Waals surface area contributed by atoms with Crippen molar-refractivity contribution in [3.05, 3.63) is 54.1 Å². The molecule has 4 heteroatoms. The number of aryl methyl sites for hydroxylation is 2. The number of benzene rings is 1. The average Bonchev–Trinajstić information content (AvgIpc) is 2.91. The molecule has 1 aromatic carbocycles. The third kappa shape index (κ3) is 2.31. The quantitative estimate of drug-likeness (QED) is 0.787. The lowest BCUT2D eigenvalue weighted by Crippen LogP contribution is -2.11. The number of hydrogen-bond acceptors (Lipinski definition) is 2. The molecule has 0 radical (unpaired) electrons. The van der Waals surface area contributed by atoms with Gasteiger partial charge in [0.05, 0.1) is 6.04 Å². The minimum absolute atomic E-state index is 0.0347. The van der Waals surface area contributed by atoms with Gasteiger partial charge in [-0.3, -0.25) is 0 Å². The second kappa shape index (κ2) is 5.08. The standard InChI is InChI=1S/C14H13Br2NS/c15-9-4-5-11(16)10(7-9)14(17)13-6-8-2-1-3-12(8)18-13/h4-7,14H,1-3,17H2. The van der Waals surface area contributed by atoms with E-state index in [1.807, 2.05) is 23.5 Å². The Morgan fingerprint density at radius 3 is 2.78 bits per heavy atom. The van der Waals surface area contributed by atoms with E-state index >= 15 is 0 Å². The zero-order valence-corrected chi connectivity index (χ0v) is 13.7. The molecule has 1 unspecified atom stereocenters. The van der Waals surface area contributed by atoms with Gasteiger partial charge in [-0.2, -0.15) is 0 Å². The maximum Gasteiger partial charge on any atom is 0.0657 e. The van der Waals surface area contributed by atoms with Crippen LogP contribution in [0, 0.1) is 0 Å². The van der Waals surface area contributed by atoms with Crippen LogP contribution in [0.1, 0.15) is 33.3 Å². The molecule has 3 rings (SSSR count). The van der Waals surface area contributed by atoms with Crippen LogP contribution in [0.3, 0.4) is 0 Å². The first-order valence-corrected chi connectivity index (χ1v) is 8.37. The zero-order chi connectivity index (χ0) is 12.7. The summed E-state index contributed by atoms with van der Waals surface area (Å²) in [5, 5.41) is 0. The largest absolute Gasteiger partial charge is 0.320 e. The first-order valence-electron chi connectivity index (χ1n) is 5.97. The van der Waals surface area contributed by atoms with Crippen LogP contribution in [-0.4, -0.2) is 0 Å². The molecule has 1 aliphatic rings. The molecule has 2 aromatic rings. The van der Waals surface area contributed by atoms with Gasteiger partial charge in [0.2, 0.25) is 0 Å². The molecular formula is C14H13Br2NS. The molecule has 0 amide bonds. The van der Waals surface area contributed by atoms with E-state index < -0.39 is 0 Å². The SMILES string of the molecule is NC(c1cc2c(s1)CCC2)c1cc(Br)ccc1Br. The van der Waals surface area contributed by atoms with Crippen LogP contribution in [0.15, 0.2) is 33.2 Å². The summed E-state index contributed by atoms with van der Waals surface area (Å²) in [6.45, 7) is 0. The highest BCUT2D eigenvalue weighted by atomic mass is 79.9. The molecule has 1 aromatic heterocycles. The van der Waals surface area contributed by atoms with Crippen molar-refractivity contribution >= 4 is 43.2 Å². The highest BCUT2D eigenvalue weighted by Gasteiger charge is 2.20. The van der Waals surface area contributed by atoms with Crippen LogP contribution in [0.2, 0.25) is 0 Å². The summed E-state index contributed by atoms with van der Waals surface area (Å²) in [6, 6.07) is 8.42. The Morgan fingerprint density at radius 1 is 1.17 bits per heavy atom. The summed E-state index contributed by atoms with van der Waals surface area (Å²) in [7, 11) is 0. The molecule has 94 valence electrons. The first kappa shape index (κ1) is 12.9. The van der Waals surface area contributed by atoms with Gasteiger partial charge in [-0.05, 0) is 54.7 Å². The predicted octanol–water partition coefficient (Wildman–Crippen LogP) is 4.81. The second-order valence-corrected chi connectivity index (χ2v) is 7.53. The van der Waals surface area contributed by atoms with Crippen molar-refractivity contribution in [3.63, 3.8) is 0 Å². The van der Waals surface area contributed by atoms with Crippen molar-refractivity contribution in [2.45, 2.75) is 25.3 Å². The molecule has 0 saturated carbocycles. The summed E-state index contributed by atoms with van der Waals surface area (Å²) >= 11 is 8.98. The Bertz CT molecular complexity index is 570. The Balaban J connectivity index is 1.98. The highest BCUT2D eigenvalue weighted by Crippen LogP contribution is 2.37. The van der Waals surface area contributed by atoms with E-state index in [4.69, 9.17) is 5.73 Å². The van der Waals surface area contributed by atoms with Gasteiger partial charge in [-0.1, -0.05) is 31.9 Å². The maximum absolute atomic E-state index is 6.41. The lowest BCUT2D eigenvalue weighted by atomic mass is 10.1. The van der Waals surface area contributed by atoms with Gasteiger partial charge >= 0.3 is 0 Å². The molecule has 18 heavy (non-hydrogen) atoms. The summed E-state index contributed by atoms with van der Waals surface area (Å²) in [4.78, 5) is 2.81.